The van der Waals surface area contributed by atoms with Crippen molar-refractivity contribution in [2.75, 3.05) is 18.9 Å². The lowest BCUT2D eigenvalue weighted by Crippen LogP contribution is -2.25. The number of pyridine rings is 1. The normalized spacial score (nSPS) is 10.1. The summed E-state index contributed by atoms with van der Waals surface area (Å²) in [5.41, 5.74) is 2.66. The Balaban J connectivity index is 1.81. The molecule has 0 spiro atoms. The maximum absolute atomic E-state index is 12.1. The average Bonchev–Trinajstić information content (AvgIpc) is 2.52. The molecule has 0 aliphatic rings. The molecule has 2 aromatic rings. The number of benzene rings is 1. The standard InChI is InChI=1S/C16H19N3O/c1-17-15-12-18-11-9-14(15)16(20)19-10-5-8-13-6-3-2-4-7-13/h2-4,6-7,9,11-12,17H,5,8,10H2,1H3,(H,19,20). The van der Waals surface area contributed by atoms with Crippen LogP contribution >= 0.6 is 0 Å². The molecule has 1 heterocycles. The number of nitrogens with zero attached hydrogens (tertiary/aromatic N) is 1. The first kappa shape index (κ1) is 14.1. The van der Waals surface area contributed by atoms with E-state index in [1.807, 2.05) is 18.2 Å². The largest absolute Gasteiger partial charge is 0.386 e. The van der Waals surface area contributed by atoms with Crippen LogP contribution in [0.25, 0.3) is 0 Å². The molecule has 0 saturated carbocycles. The molecule has 4 heteroatoms. The van der Waals surface area contributed by atoms with Crippen molar-refractivity contribution in [1.29, 1.82) is 0 Å². The van der Waals surface area contributed by atoms with Crippen molar-refractivity contribution in [3.8, 4) is 0 Å². The Morgan fingerprint density at radius 3 is 2.75 bits per heavy atom. The second-order valence-corrected chi connectivity index (χ2v) is 4.52. The maximum Gasteiger partial charge on any atom is 0.253 e. The third-order valence-electron chi connectivity index (χ3n) is 3.11. The summed E-state index contributed by atoms with van der Waals surface area (Å²) in [5.74, 6) is -0.0650. The third kappa shape index (κ3) is 3.82. The number of rotatable bonds is 6. The Labute approximate surface area is 119 Å². The SMILES string of the molecule is CNc1cnccc1C(=O)NCCCc1ccccc1. The van der Waals surface area contributed by atoms with Crippen molar-refractivity contribution >= 4 is 11.6 Å². The molecule has 2 N–H and O–H groups in total. The Bertz CT molecular complexity index is 555. The number of carbonyl (C=O) groups is 1. The molecule has 0 saturated heterocycles. The van der Waals surface area contributed by atoms with Crippen LogP contribution in [0.15, 0.2) is 48.8 Å². The summed E-state index contributed by atoms with van der Waals surface area (Å²) in [6.45, 7) is 0.666. The van der Waals surface area contributed by atoms with E-state index in [-0.39, 0.29) is 5.91 Å². The van der Waals surface area contributed by atoms with Crippen LogP contribution in [0.3, 0.4) is 0 Å². The lowest BCUT2D eigenvalue weighted by molar-refractivity contribution is 0.0954. The molecule has 0 radical (unpaired) electrons. The number of anilines is 1. The van der Waals surface area contributed by atoms with Gasteiger partial charge >= 0.3 is 0 Å². The van der Waals surface area contributed by atoms with Gasteiger partial charge in [-0.3, -0.25) is 9.78 Å². The molecular weight excluding hydrogens is 250 g/mol. The highest BCUT2D eigenvalue weighted by Gasteiger charge is 2.09. The number of aromatic nitrogens is 1. The van der Waals surface area contributed by atoms with Crippen LogP contribution in [-0.4, -0.2) is 24.5 Å². The van der Waals surface area contributed by atoms with E-state index in [9.17, 15) is 4.79 Å². The van der Waals surface area contributed by atoms with Crippen molar-refractivity contribution in [3.05, 3.63) is 59.9 Å². The summed E-state index contributed by atoms with van der Waals surface area (Å²) < 4.78 is 0. The Morgan fingerprint density at radius 2 is 2.00 bits per heavy atom. The number of nitrogens with one attached hydrogen (secondary N) is 2. The van der Waals surface area contributed by atoms with E-state index in [1.165, 1.54) is 5.56 Å². The van der Waals surface area contributed by atoms with Crippen LogP contribution in [0.2, 0.25) is 0 Å². The number of aryl methyl sites for hydroxylation is 1. The molecular formula is C16H19N3O. The first-order valence-electron chi connectivity index (χ1n) is 6.75. The van der Waals surface area contributed by atoms with E-state index >= 15 is 0 Å². The van der Waals surface area contributed by atoms with Crippen LogP contribution in [0.5, 0.6) is 0 Å². The van der Waals surface area contributed by atoms with Crippen molar-refractivity contribution in [1.82, 2.24) is 10.3 Å². The van der Waals surface area contributed by atoms with Gasteiger partial charge in [0, 0.05) is 19.8 Å². The van der Waals surface area contributed by atoms with Crippen LogP contribution in [0.4, 0.5) is 5.69 Å². The second kappa shape index (κ2) is 7.28. The van der Waals surface area contributed by atoms with Crippen LogP contribution in [0.1, 0.15) is 22.3 Å². The topological polar surface area (TPSA) is 54.0 Å². The molecule has 0 unspecified atom stereocenters. The fourth-order valence-electron chi connectivity index (χ4n) is 2.03. The predicted molar refractivity (Wildman–Crippen MR) is 80.9 cm³/mol. The van der Waals surface area contributed by atoms with E-state index in [0.29, 0.717) is 12.1 Å². The van der Waals surface area contributed by atoms with Gasteiger partial charge in [-0.1, -0.05) is 30.3 Å². The lowest BCUT2D eigenvalue weighted by Gasteiger charge is -2.09. The fraction of sp³-hybridized carbons (Fsp3) is 0.250. The van der Waals surface area contributed by atoms with Crippen molar-refractivity contribution < 1.29 is 4.79 Å². The Hall–Kier alpha value is -2.36. The molecule has 0 atom stereocenters. The van der Waals surface area contributed by atoms with Crippen molar-refractivity contribution in [2.45, 2.75) is 12.8 Å². The van der Waals surface area contributed by atoms with Gasteiger partial charge in [-0.15, -0.1) is 0 Å². The fourth-order valence-corrected chi connectivity index (χ4v) is 2.03. The summed E-state index contributed by atoms with van der Waals surface area (Å²) in [6, 6.07) is 12.0. The monoisotopic (exact) mass is 269 g/mol. The molecule has 1 aromatic heterocycles. The van der Waals surface area contributed by atoms with Gasteiger partial charge in [-0.25, -0.2) is 0 Å². The van der Waals surface area contributed by atoms with E-state index in [1.54, 1.807) is 25.5 Å². The summed E-state index contributed by atoms with van der Waals surface area (Å²) in [5, 5.41) is 5.91. The van der Waals surface area contributed by atoms with Crippen molar-refractivity contribution in [3.63, 3.8) is 0 Å². The smallest absolute Gasteiger partial charge is 0.253 e. The zero-order valence-corrected chi connectivity index (χ0v) is 11.6. The summed E-state index contributed by atoms with van der Waals surface area (Å²) >= 11 is 0. The zero-order chi connectivity index (χ0) is 14.2. The van der Waals surface area contributed by atoms with E-state index in [2.05, 4.69) is 27.8 Å². The summed E-state index contributed by atoms with van der Waals surface area (Å²) in [6.07, 6.45) is 5.17. The second-order valence-electron chi connectivity index (χ2n) is 4.52. The first-order chi connectivity index (χ1) is 9.81. The first-order valence-corrected chi connectivity index (χ1v) is 6.75. The minimum Gasteiger partial charge on any atom is -0.386 e. The minimum atomic E-state index is -0.0650. The molecule has 2 rings (SSSR count). The number of hydrogen-bond acceptors (Lipinski definition) is 3. The molecule has 104 valence electrons. The zero-order valence-electron chi connectivity index (χ0n) is 11.6. The van der Waals surface area contributed by atoms with Gasteiger partial charge in [0.15, 0.2) is 0 Å². The summed E-state index contributed by atoms with van der Waals surface area (Å²) in [7, 11) is 1.78. The van der Waals surface area contributed by atoms with Gasteiger partial charge in [0.1, 0.15) is 0 Å². The molecule has 0 aliphatic heterocycles. The summed E-state index contributed by atoms with van der Waals surface area (Å²) in [4.78, 5) is 16.0. The molecule has 0 aliphatic carbocycles. The van der Waals surface area contributed by atoms with Gasteiger partial charge in [0.05, 0.1) is 17.4 Å². The highest BCUT2D eigenvalue weighted by molar-refractivity contribution is 5.99. The molecule has 1 amide bonds. The minimum absolute atomic E-state index is 0.0650. The third-order valence-corrected chi connectivity index (χ3v) is 3.11. The Kier molecular flexibility index (Phi) is 5.12. The number of carbonyl (C=O) groups excluding carboxylic acids is 1. The molecule has 0 fully saturated rings. The van der Waals surface area contributed by atoms with Crippen LogP contribution < -0.4 is 10.6 Å². The maximum atomic E-state index is 12.1. The van der Waals surface area contributed by atoms with Gasteiger partial charge in [0.2, 0.25) is 0 Å². The lowest BCUT2D eigenvalue weighted by atomic mass is 10.1. The average molecular weight is 269 g/mol. The highest BCUT2D eigenvalue weighted by atomic mass is 16.1. The van der Waals surface area contributed by atoms with Crippen LogP contribution in [-0.2, 0) is 6.42 Å². The van der Waals surface area contributed by atoms with Gasteiger partial charge in [0.25, 0.3) is 5.91 Å². The molecule has 20 heavy (non-hydrogen) atoms. The molecule has 0 bridgehead atoms. The quantitative estimate of drug-likeness (QED) is 0.792. The van der Waals surface area contributed by atoms with Crippen molar-refractivity contribution in [2.24, 2.45) is 0 Å². The van der Waals surface area contributed by atoms with Crippen LogP contribution in [0, 0.1) is 0 Å². The Morgan fingerprint density at radius 1 is 1.20 bits per heavy atom. The number of amides is 1. The van der Waals surface area contributed by atoms with Gasteiger partial charge in [-0.05, 0) is 24.5 Å². The van der Waals surface area contributed by atoms with Gasteiger partial charge in [-0.2, -0.15) is 0 Å². The highest BCUT2D eigenvalue weighted by Crippen LogP contribution is 2.12. The molecule has 1 aromatic carbocycles. The van der Waals surface area contributed by atoms with E-state index < -0.39 is 0 Å². The van der Waals surface area contributed by atoms with E-state index in [0.717, 1.165) is 18.5 Å². The van der Waals surface area contributed by atoms with Gasteiger partial charge < -0.3 is 10.6 Å². The number of hydrogen-bond donors (Lipinski definition) is 2. The van der Waals surface area contributed by atoms with E-state index in [4.69, 9.17) is 0 Å². The molecule has 4 nitrogen and oxygen atoms in total. The predicted octanol–water partition coefficient (Wildman–Crippen LogP) is 2.49.